The van der Waals surface area contributed by atoms with E-state index in [0.717, 1.165) is 77.5 Å². The Hall–Kier alpha value is -6.76. The molecule has 0 unspecified atom stereocenters. The lowest BCUT2D eigenvalue weighted by atomic mass is 10.0. The van der Waals surface area contributed by atoms with Crippen LogP contribution in [0.2, 0.25) is 0 Å². The summed E-state index contributed by atoms with van der Waals surface area (Å²) in [6.07, 6.45) is 8.90. The summed E-state index contributed by atoms with van der Waals surface area (Å²) in [6.45, 7) is 0. The van der Waals surface area contributed by atoms with Crippen molar-refractivity contribution < 1.29 is 8.83 Å². The first kappa shape index (κ1) is 31.6. The van der Waals surface area contributed by atoms with Gasteiger partial charge >= 0.3 is 0 Å². The summed E-state index contributed by atoms with van der Waals surface area (Å²) < 4.78 is 17.3. The van der Waals surface area contributed by atoms with E-state index in [1.165, 1.54) is 37.5 Å². The van der Waals surface area contributed by atoms with Crippen LogP contribution < -0.4 is 0 Å². The van der Waals surface area contributed by atoms with Crippen molar-refractivity contribution in [2.24, 2.45) is 0 Å². The Kier molecular flexibility index (Phi) is 6.42. The third kappa shape index (κ3) is 4.53. The minimum absolute atomic E-state index is 0.798. The second kappa shape index (κ2) is 11.4. The van der Waals surface area contributed by atoms with Gasteiger partial charge in [-0.05, 0) is 138 Å². The number of aromatic nitrogens is 3. The van der Waals surface area contributed by atoms with Crippen LogP contribution >= 0.6 is 10.0 Å². The van der Waals surface area contributed by atoms with E-state index in [1.807, 2.05) is 18.3 Å². The largest absolute Gasteiger partial charge is 0.456 e. The molecule has 12 rings (SSSR count). The summed E-state index contributed by atoms with van der Waals surface area (Å²) in [6, 6.07) is 54.8. The molecule has 0 radical (unpaired) electrons. The number of pyridine rings is 1. The molecule has 5 nitrogen and oxygen atoms in total. The maximum atomic E-state index is 6.45. The average molecular weight is 742 g/mol. The van der Waals surface area contributed by atoms with Crippen LogP contribution in [0.5, 0.6) is 0 Å². The molecule has 0 bridgehead atoms. The highest BCUT2D eigenvalue weighted by atomic mass is 32.3. The Balaban J connectivity index is 1.01. The van der Waals surface area contributed by atoms with Gasteiger partial charge in [0.2, 0.25) is 0 Å². The van der Waals surface area contributed by atoms with E-state index >= 15 is 0 Å². The van der Waals surface area contributed by atoms with E-state index in [1.54, 1.807) is 0 Å². The van der Waals surface area contributed by atoms with E-state index in [-0.39, 0.29) is 0 Å². The van der Waals surface area contributed by atoms with E-state index < -0.39 is 10.0 Å². The first-order chi connectivity index (χ1) is 27.4. The number of para-hydroxylation sites is 2. The van der Waals surface area contributed by atoms with Gasteiger partial charge in [-0.1, -0.05) is 48.5 Å². The van der Waals surface area contributed by atoms with Crippen molar-refractivity contribution in [2.45, 2.75) is 4.90 Å². The van der Waals surface area contributed by atoms with Crippen molar-refractivity contribution >= 4 is 97.6 Å². The van der Waals surface area contributed by atoms with Crippen LogP contribution in [-0.4, -0.2) is 32.9 Å². The number of fused-ring (bicyclic) bond motifs is 12. The zero-order chi connectivity index (χ0) is 37.3. The summed E-state index contributed by atoms with van der Waals surface area (Å²) in [5.41, 5.74) is 13.5. The summed E-state index contributed by atoms with van der Waals surface area (Å²) in [5, 5.41) is 8.21. The Morgan fingerprint density at radius 2 is 0.929 bits per heavy atom. The maximum absolute atomic E-state index is 6.45. The molecule has 0 saturated carbocycles. The Bertz CT molecular complexity index is 3590. The molecule has 7 aromatic carbocycles. The molecule has 56 heavy (non-hydrogen) atoms. The lowest BCUT2D eigenvalue weighted by Crippen LogP contribution is -1.95. The quantitative estimate of drug-likeness (QED) is 0.180. The van der Waals surface area contributed by atoms with Gasteiger partial charge in [-0.3, -0.25) is 4.98 Å². The number of hydrogen-bond donors (Lipinski definition) is 0. The van der Waals surface area contributed by atoms with Crippen molar-refractivity contribution in [3.63, 3.8) is 0 Å². The highest BCUT2D eigenvalue weighted by Gasteiger charge is 2.19. The number of nitrogens with zero attached hydrogens (tertiary/aromatic N) is 3. The van der Waals surface area contributed by atoms with E-state index in [9.17, 15) is 0 Å². The van der Waals surface area contributed by atoms with Crippen LogP contribution in [0, 0.1) is 0 Å². The standard InChI is InChI=1S/C50H35N3O2S/c1-56(2,3)34-18-20-45-38(29-34)36-10-5-7-12-43(36)52(45)32-16-22-47-40(27-32)39-26-31(15-21-46(39)54-47)30-14-19-44-37(25-30)35-9-4-6-11-42(35)53(44)33-17-23-48-41(28-33)50-49(55-48)13-8-24-51-50/h4-29H,1-3H3. The molecule has 6 heteroatoms. The highest BCUT2D eigenvalue weighted by molar-refractivity contribution is 8.32. The van der Waals surface area contributed by atoms with Crippen LogP contribution in [0.4, 0.5) is 0 Å². The minimum atomic E-state index is -0.866. The van der Waals surface area contributed by atoms with Crippen molar-refractivity contribution in [1.29, 1.82) is 0 Å². The molecule has 0 aliphatic heterocycles. The van der Waals surface area contributed by atoms with Crippen molar-refractivity contribution in [2.75, 3.05) is 18.8 Å². The second-order valence-electron chi connectivity index (χ2n) is 15.6. The van der Waals surface area contributed by atoms with Crippen LogP contribution in [0.3, 0.4) is 0 Å². The lowest BCUT2D eigenvalue weighted by Gasteiger charge is -2.25. The molecule has 5 aromatic heterocycles. The van der Waals surface area contributed by atoms with Gasteiger partial charge in [-0.15, -0.1) is 0 Å². The molecule has 0 fully saturated rings. The molecule has 5 heterocycles. The lowest BCUT2D eigenvalue weighted by molar-refractivity contribution is 0.668. The Morgan fingerprint density at radius 1 is 0.411 bits per heavy atom. The zero-order valence-corrected chi connectivity index (χ0v) is 31.9. The SMILES string of the molecule is CS(C)(C)c1ccc2c(c1)c1ccccc1n2-c1ccc2oc3ccc(-c4ccc5c(c4)c4ccccc4n5-c4ccc5oc6cccnc6c5c4)cc3c2c1. The normalized spacial score (nSPS) is 12.8. The third-order valence-corrected chi connectivity index (χ3v) is 13.2. The van der Waals surface area contributed by atoms with Gasteiger partial charge in [0.05, 0.1) is 22.1 Å². The van der Waals surface area contributed by atoms with Crippen LogP contribution in [0.25, 0.3) is 110 Å². The fraction of sp³-hybridized carbons (Fsp3) is 0.0600. The Labute approximate surface area is 323 Å². The van der Waals surface area contributed by atoms with Crippen LogP contribution in [-0.2, 0) is 0 Å². The molecule has 0 saturated heterocycles. The molecular formula is C50H35N3O2S. The molecule has 0 spiro atoms. The topological polar surface area (TPSA) is 49.0 Å². The molecule has 0 atom stereocenters. The first-order valence-corrected chi connectivity index (χ1v) is 21.7. The summed E-state index contributed by atoms with van der Waals surface area (Å²) in [5.74, 6) is 0. The van der Waals surface area contributed by atoms with Crippen LogP contribution in [0.15, 0.2) is 172 Å². The van der Waals surface area contributed by atoms with Crippen molar-refractivity contribution in [1.82, 2.24) is 14.1 Å². The van der Waals surface area contributed by atoms with E-state index in [4.69, 9.17) is 8.83 Å². The second-order valence-corrected chi connectivity index (χ2v) is 19.7. The molecule has 0 amide bonds. The minimum Gasteiger partial charge on any atom is -0.456 e. The van der Waals surface area contributed by atoms with Gasteiger partial charge in [0.15, 0.2) is 5.58 Å². The van der Waals surface area contributed by atoms with Gasteiger partial charge in [-0.2, -0.15) is 0 Å². The molecule has 268 valence electrons. The molecular weight excluding hydrogens is 707 g/mol. The molecule has 0 aliphatic carbocycles. The fourth-order valence-corrected chi connectivity index (χ4v) is 9.80. The predicted molar refractivity (Wildman–Crippen MR) is 237 cm³/mol. The third-order valence-electron chi connectivity index (χ3n) is 11.5. The number of furan rings is 2. The van der Waals surface area contributed by atoms with Crippen LogP contribution in [0.1, 0.15) is 0 Å². The smallest absolute Gasteiger partial charge is 0.153 e. The maximum Gasteiger partial charge on any atom is 0.153 e. The van der Waals surface area contributed by atoms with E-state index in [0.29, 0.717) is 0 Å². The van der Waals surface area contributed by atoms with Gasteiger partial charge in [0.1, 0.15) is 22.3 Å². The Morgan fingerprint density at radius 3 is 1.62 bits per heavy atom. The summed E-state index contributed by atoms with van der Waals surface area (Å²) in [4.78, 5) is 6.06. The van der Waals surface area contributed by atoms with Gasteiger partial charge in [0.25, 0.3) is 0 Å². The number of rotatable bonds is 4. The number of hydrogen-bond acceptors (Lipinski definition) is 3. The van der Waals surface area contributed by atoms with E-state index in [2.05, 4.69) is 172 Å². The predicted octanol–water partition coefficient (Wildman–Crippen LogP) is 13.8. The molecule has 0 aliphatic rings. The highest BCUT2D eigenvalue weighted by Crippen LogP contribution is 2.47. The van der Waals surface area contributed by atoms with Crippen molar-refractivity contribution in [3.8, 4) is 22.5 Å². The number of benzene rings is 7. The summed E-state index contributed by atoms with van der Waals surface area (Å²) in [7, 11) is -0.866. The fourth-order valence-electron chi connectivity index (χ4n) is 8.85. The average Bonchev–Trinajstić information content (AvgIpc) is 3.97. The molecule has 12 aromatic rings. The van der Waals surface area contributed by atoms with Gasteiger partial charge < -0.3 is 18.0 Å². The van der Waals surface area contributed by atoms with Crippen molar-refractivity contribution in [3.05, 3.63) is 158 Å². The first-order valence-electron chi connectivity index (χ1n) is 18.9. The zero-order valence-electron chi connectivity index (χ0n) is 31.1. The monoisotopic (exact) mass is 741 g/mol. The molecule has 0 N–H and O–H groups in total. The van der Waals surface area contributed by atoms with Gasteiger partial charge in [-0.25, -0.2) is 10.0 Å². The van der Waals surface area contributed by atoms with Gasteiger partial charge in [0, 0.05) is 55.3 Å². The summed E-state index contributed by atoms with van der Waals surface area (Å²) >= 11 is 0.